The summed E-state index contributed by atoms with van der Waals surface area (Å²) in [5, 5.41) is 14.2. The van der Waals surface area contributed by atoms with Gasteiger partial charge in [-0.25, -0.2) is 0 Å². The van der Waals surface area contributed by atoms with Crippen molar-refractivity contribution in [2.24, 2.45) is 0 Å². The maximum absolute atomic E-state index is 13.1. The number of nitro benzene ring substituents is 1. The molecule has 1 aliphatic heterocycles. The van der Waals surface area contributed by atoms with Crippen molar-refractivity contribution in [2.75, 3.05) is 0 Å². The molecule has 4 rings (SSSR count). The topological polar surface area (TPSA) is 89.3 Å². The van der Waals surface area contributed by atoms with Gasteiger partial charge in [0.25, 0.3) is 5.69 Å². The van der Waals surface area contributed by atoms with Crippen LogP contribution in [-0.2, 0) is 9.59 Å². The largest absolute Gasteiger partial charge is 0.329 e. The Morgan fingerprint density at radius 3 is 2.41 bits per heavy atom. The van der Waals surface area contributed by atoms with Crippen LogP contribution in [0, 0.1) is 17.0 Å². The number of aryl methyl sites for hydroxylation is 1. The Bertz CT molecular complexity index is 1060. The van der Waals surface area contributed by atoms with Crippen LogP contribution in [0.1, 0.15) is 47.8 Å². The first-order chi connectivity index (χ1) is 13.8. The van der Waals surface area contributed by atoms with Gasteiger partial charge in [-0.15, -0.1) is 0 Å². The fraction of sp³-hybridized carbons (Fsp3) is 0.273. The number of amides is 1. The SMILES string of the molecule is Cc1ccc(C2CC(=O)C3=C(C2)NC(=O)CC3c2ccc(Cl)c([N+](=O)[O-])c2)cc1. The molecular formula is C22H19ClN2O4. The van der Waals surface area contributed by atoms with Gasteiger partial charge < -0.3 is 5.32 Å². The van der Waals surface area contributed by atoms with Gasteiger partial charge in [0.2, 0.25) is 5.91 Å². The lowest BCUT2D eigenvalue weighted by atomic mass is 9.73. The number of allylic oxidation sites excluding steroid dienone is 2. The Morgan fingerprint density at radius 2 is 1.72 bits per heavy atom. The van der Waals surface area contributed by atoms with Crippen LogP contribution in [0.15, 0.2) is 53.7 Å². The molecule has 148 valence electrons. The van der Waals surface area contributed by atoms with Crippen LogP contribution in [0.3, 0.4) is 0 Å². The number of hydrogen-bond acceptors (Lipinski definition) is 4. The highest BCUT2D eigenvalue weighted by Gasteiger charge is 2.38. The van der Waals surface area contributed by atoms with E-state index in [0.717, 1.165) is 11.1 Å². The molecule has 7 heteroatoms. The molecule has 0 aromatic heterocycles. The van der Waals surface area contributed by atoms with Crippen molar-refractivity contribution in [3.05, 3.63) is 85.6 Å². The molecular weight excluding hydrogens is 392 g/mol. The van der Waals surface area contributed by atoms with Crippen molar-refractivity contribution in [1.29, 1.82) is 0 Å². The molecule has 2 unspecified atom stereocenters. The number of hydrogen-bond donors (Lipinski definition) is 1. The van der Waals surface area contributed by atoms with E-state index in [0.29, 0.717) is 29.7 Å². The smallest absolute Gasteiger partial charge is 0.288 e. The van der Waals surface area contributed by atoms with E-state index in [1.54, 1.807) is 6.07 Å². The third-order valence-electron chi connectivity index (χ3n) is 5.65. The zero-order valence-corrected chi connectivity index (χ0v) is 16.5. The first kappa shape index (κ1) is 19.3. The number of ketones is 1. The van der Waals surface area contributed by atoms with Gasteiger partial charge in [-0.3, -0.25) is 19.7 Å². The van der Waals surface area contributed by atoms with Crippen LogP contribution in [0.5, 0.6) is 0 Å². The number of halogens is 1. The second kappa shape index (κ2) is 7.44. The number of Topliss-reactive ketones (excluding diaryl/α,β-unsaturated/α-hetero) is 1. The standard InChI is InChI=1S/C22H19ClN2O4/c1-12-2-4-13(5-3-12)15-8-18-22(20(26)10-15)16(11-21(27)24-18)14-6-7-17(23)19(9-14)25(28)29/h2-7,9,15-16H,8,10-11H2,1H3,(H,24,27). The van der Waals surface area contributed by atoms with E-state index in [1.807, 2.05) is 31.2 Å². The highest BCUT2D eigenvalue weighted by atomic mass is 35.5. The minimum absolute atomic E-state index is 0.000420. The Balaban J connectivity index is 1.73. The minimum Gasteiger partial charge on any atom is -0.329 e. The lowest BCUT2D eigenvalue weighted by Crippen LogP contribution is -2.38. The molecule has 1 N–H and O–H groups in total. The van der Waals surface area contributed by atoms with E-state index in [-0.39, 0.29) is 34.7 Å². The van der Waals surface area contributed by atoms with Gasteiger partial charge in [0.1, 0.15) is 5.02 Å². The van der Waals surface area contributed by atoms with Crippen molar-refractivity contribution < 1.29 is 14.5 Å². The first-order valence-electron chi connectivity index (χ1n) is 9.40. The van der Waals surface area contributed by atoms with Gasteiger partial charge in [-0.1, -0.05) is 47.5 Å². The minimum atomic E-state index is -0.555. The zero-order valence-electron chi connectivity index (χ0n) is 15.8. The molecule has 2 aromatic carbocycles. The molecule has 2 aromatic rings. The predicted octanol–water partition coefficient (Wildman–Crippen LogP) is 4.56. The van der Waals surface area contributed by atoms with Gasteiger partial charge in [0, 0.05) is 36.1 Å². The first-order valence-corrected chi connectivity index (χ1v) is 9.77. The Hall–Kier alpha value is -2.99. The van der Waals surface area contributed by atoms with Crippen LogP contribution >= 0.6 is 11.6 Å². The molecule has 2 aliphatic rings. The summed E-state index contributed by atoms with van der Waals surface area (Å²) in [6, 6.07) is 12.5. The molecule has 1 aliphatic carbocycles. The van der Waals surface area contributed by atoms with Gasteiger partial charge in [0.05, 0.1) is 4.92 Å². The van der Waals surface area contributed by atoms with Crippen molar-refractivity contribution in [2.45, 2.75) is 38.0 Å². The molecule has 0 saturated heterocycles. The van der Waals surface area contributed by atoms with Crippen molar-refractivity contribution in [1.82, 2.24) is 5.32 Å². The van der Waals surface area contributed by atoms with Crippen LogP contribution in [0.2, 0.25) is 5.02 Å². The maximum atomic E-state index is 13.1. The van der Waals surface area contributed by atoms with Crippen LogP contribution in [-0.4, -0.2) is 16.6 Å². The molecule has 0 saturated carbocycles. The summed E-state index contributed by atoms with van der Waals surface area (Å²) in [6.45, 7) is 2.01. The molecule has 29 heavy (non-hydrogen) atoms. The van der Waals surface area contributed by atoms with E-state index in [9.17, 15) is 19.7 Å². The quantitative estimate of drug-likeness (QED) is 0.593. The third-order valence-corrected chi connectivity index (χ3v) is 5.97. The number of benzene rings is 2. The average molecular weight is 411 g/mol. The van der Waals surface area contributed by atoms with E-state index in [1.165, 1.54) is 12.1 Å². The number of nitrogens with one attached hydrogen (secondary N) is 1. The van der Waals surface area contributed by atoms with Crippen molar-refractivity contribution in [3.63, 3.8) is 0 Å². The van der Waals surface area contributed by atoms with Gasteiger partial charge in [-0.05, 0) is 36.5 Å². The molecule has 0 spiro atoms. The lowest BCUT2D eigenvalue weighted by molar-refractivity contribution is -0.384. The highest BCUT2D eigenvalue weighted by Crippen LogP contribution is 2.43. The summed E-state index contributed by atoms with van der Waals surface area (Å²) in [4.78, 5) is 36.2. The molecule has 1 amide bonds. The number of nitrogens with zero attached hydrogens (tertiary/aromatic N) is 1. The molecule has 0 bridgehead atoms. The Labute approximate surface area is 172 Å². The highest BCUT2D eigenvalue weighted by molar-refractivity contribution is 6.32. The summed E-state index contributed by atoms with van der Waals surface area (Å²) in [6.07, 6.45) is 0.991. The van der Waals surface area contributed by atoms with E-state index < -0.39 is 10.8 Å². The van der Waals surface area contributed by atoms with Crippen LogP contribution in [0.25, 0.3) is 0 Å². The summed E-state index contributed by atoms with van der Waals surface area (Å²) < 4.78 is 0. The summed E-state index contributed by atoms with van der Waals surface area (Å²) in [5.74, 6) is -0.718. The van der Waals surface area contributed by atoms with Crippen molar-refractivity contribution in [3.8, 4) is 0 Å². The molecule has 6 nitrogen and oxygen atoms in total. The van der Waals surface area contributed by atoms with Gasteiger partial charge in [0.15, 0.2) is 5.78 Å². The third kappa shape index (κ3) is 3.68. The van der Waals surface area contributed by atoms with Crippen LogP contribution in [0.4, 0.5) is 5.69 Å². The van der Waals surface area contributed by atoms with Gasteiger partial charge in [-0.2, -0.15) is 0 Å². The van der Waals surface area contributed by atoms with Crippen molar-refractivity contribution >= 4 is 29.0 Å². The molecule has 0 fully saturated rings. The predicted molar refractivity (Wildman–Crippen MR) is 109 cm³/mol. The normalized spacial score (nSPS) is 21.6. The van der Waals surface area contributed by atoms with E-state index in [2.05, 4.69) is 5.32 Å². The number of nitro groups is 1. The molecule has 1 heterocycles. The lowest BCUT2D eigenvalue weighted by Gasteiger charge is -2.34. The summed E-state index contributed by atoms with van der Waals surface area (Å²) >= 11 is 5.92. The molecule has 2 atom stereocenters. The Morgan fingerprint density at radius 1 is 1.03 bits per heavy atom. The zero-order chi connectivity index (χ0) is 20.7. The Kier molecular flexibility index (Phi) is 4.96. The average Bonchev–Trinajstić information content (AvgIpc) is 2.67. The monoisotopic (exact) mass is 410 g/mol. The summed E-state index contributed by atoms with van der Waals surface area (Å²) in [7, 11) is 0. The van der Waals surface area contributed by atoms with E-state index in [4.69, 9.17) is 11.6 Å². The fourth-order valence-corrected chi connectivity index (χ4v) is 4.39. The fourth-order valence-electron chi connectivity index (χ4n) is 4.21. The molecule has 0 radical (unpaired) electrons. The maximum Gasteiger partial charge on any atom is 0.288 e. The van der Waals surface area contributed by atoms with Crippen LogP contribution < -0.4 is 5.32 Å². The number of carbonyl (C=O) groups is 2. The van der Waals surface area contributed by atoms with Gasteiger partial charge >= 0.3 is 0 Å². The van der Waals surface area contributed by atoms with E-state index >= 15 is 0 Å². The number of carbonyl (C=O) groups excluding carboxylic acids is 2. The second-order valence-electron chi connectivity index (χ2n) is 7.60. The summed E-state index contributed by atoms with van der Waals surface area (Å²) in [5.41, 5.74) is 3.74. The second-order valence-corrected chi connectivity index (χ2v) is 8.01. The number of rotatable bonds is 3.